The summed E-state index contributed by atoms with van der Waals surface area (Å²) in [5, 5.41) is 13.4. The van der Waals surface area contributed by atoms with Crippen LogP contribution in [-0.4, -0.2) is 59.1 Å². The number of ether oxygens (including phenoxy) is 1. The van der Waals surface area contributed by atoms with Gasteiger partial charge in [0, 0.05) is 18.7 Å². The Balaban J connectivity index is 1.50. The van der Waals surface area contributed by atoms with E-state index in [1.165, 1.54) is 12.1 Å². The number of alkyl carbamates (subject to hydrolysis) is 1. The third-order valence-electron chi connectivity index (χ3n) is 5.14. The summed E-state index contributed by atoms with van der Waals surface area (Å²) in [5.41, 5.74) is 0.642. The minimum atomic E-state index is -0.599. The molecule has 2 saturated heterocycles. The molecule has 2 aliphatic rings. The molecular formula is C18H24N4O5. The predicted octanol–water partition coefficient (Wildman–Crippen LogP) is 1.86. The van der Waals surface area contributed by atoms with Gasteiger partial charge in [0.1, 0.15) is 12.8 Å². The Morgan fingerprint density at radius 3 is 2.56 bits per heavy atom. The maximum Gasteiger partial charge on any atom is 0.409 e. The topological polar surface area (TPSA) is 105 Å². The molecule has 27 heavy (non-hydrogen) atoms. The minimum absolute atomic E-state index is 0.00978. The van der Waals surface area contributed by atoms with Crippen LogP contribution >= 0.6 is 0 Å². The van der Waals surface area contributed by atoms with E-state index >= 15 is 0 Å². The van der Waals surface area contributed by atoms with E-state index in [0.29, 0.717) is 18.5 Å². The van der Waals surface area contributed by atoms with Crippen LogP contribution < -0.4 is 5.32 Å². The van der Waals surface area contributed by atoms with E-state index in [-0.39, 0.29) is 30.4 Å². The molecule has 146 valence electrons. The molecule has 0 bridgehead atoms. The van der Waals surface area contributed by atoms with Gasteiger partial charge in [0.15, 0.2) is 0 Å². The Morgan fingerprint density at radius 1 is 1.22 bits per heavy atom. The first kappa shape index (κ1) is 19.1. The molecule has 0 spiro atoms. The lowest BCUT2D eigenvalue weighted by Crippen LogP contribution is -2.52. The number of amides is 2. The van der Waals surface area contributed by atoms with Gasteiger partial charge in [0.25, 0.3) is 5.69 Å². The fourth-order valence-corrected chi connectivity index (χ4v) is 3.63. The van der Waals surface area contributed by atoms with Crippen molar-refractivity contribution in [2.45, 2.75) is 44.5 Å². The average Bonchev–Trinajstić information content (AvgIpc) is 3.28. The Labute approximate surface area is 157 Å². The Morgan fingerprint density at radius 2 is 1.93 bits per heavy atom. The molecule has 0 saturated carbocycles. The van der Waals surface area contributed by atoms with Crippen molar-refractivity contribution < 1.29 is 19.2 Å². The molecule has 2 amide bonds. The van der Waals surface area contributed by atoms with Crippen LogP contribution in [0.5, 0.6) is 0 Å². The van der Waals surface area contributed by atoms with Crippen molar-refractivity contribution >= 4 is 17.7 Å². The zero-order chi connectivity index (χ0) is 19.4. The number of likely N-dealkylation sites (N-methyl/N-ethyl adjacent to an activating group) is 1. The average molecular weight is 376 g/mol. The molecule has 2 atom stereocenters. The number of hydrogen-bond donors (Lipinski definition) is 1. The fourth-order valence-electron chi connectivity index (χ4n) is 3.63. The number of carbonyl (C=O) groups is 2. The number of benzene rings is 1. The first-order chi connectivity index (χ1) is 13.0. The van der Waals surface area contributed by atoms with Crippen molar-refractivity contribution in [3.8, 4) is 0 Å². The van der Waals surface area contributed by atoms with Crippen LogP contribution in [0.15, 0.2) is 24.3 Å². The van der Waals surface area contributed by atoms with Gasteiger partial charge in [-0.2, -0.15) is 0 Å². The summed E-state index contributed by atoms with van der Waals surface area (Å²) in [7, 11) is 1.95. The van der Waals surface area contributed by atoms with E-state index in [1.54, 1.807) is 17.0 Å². The maximum atomic E-state index is 12.8. The molecule has 2 aliphatic heterocycles. The molecule has 9 heteroatoms. The highest BCUT2D eigenvalue weighted by Gasteiger charge is 2.37. The third kappa shape index (κ3) is 4.54. The van der Waals surface area contributed by atoms with Crippen LogP contribution in [0, 0.1) is 10.1 Å². The van der Waals surface area contributed by atoms with Crippen LogP contribution in [0.2, 0.25) is 0 Å². The van der Waals surface area contributed by atoms with Crippen molar-refractivity contribution in [3.63, 3.8) is 0 Å². The quantitative estimate of drug-likeness (QED) is 0.621. The molecule has 0 aromatic heterocycles. The Bertz CT molecular complexity index is 708. The van der Waals surface area contributed by atoms with Crippen molar-refractivity contribution in [2.75, 3.05) is 20.1 Å². The summed E-state index contributed by atoms with van der Waals surface area (Å²) in [6.07, 6.45) is 2.46. The highest BCUT2D eigenvalue weighted by molar-refractivity contribution is 5.83. The lowest BCUT2D eigenvalue weighted by Gasteiger charge is -2.30. The molecule has 1 aromatic rings. The van der Waals surface area contributed by atoms with Crippen LogP contribution in [-0.2, 0) is 16.1 Å². The molecule has 0 aliphatic carbocycles. The zero-order valence-corrected chi connectivity index (χ0v) is 15.3. The number of nitro benzene ring substituents is 1. The lowest BCUT2D eigenvalue weighted by atomic mass is 10.2. The summed E-state index contributed by atoms with van der Waals surface area (Å²) >= 11 is 0. The second kappa shape index (κ2) is 8.34. The summed E-state index contributed by atoms with van der Waals surface area (Å²) in [4.78, 5) is 38.8. The Hall–Kier alpha value is -2.68. The molecule has 2 heterocycles. The van der Waals surface area contributed by atoms with E-state index in [2.05, 4.69) is 10.2 Å². The van der Waals surface area contributed by atoms with E-state index in [4.69, 9.17) is 4.74 Å². The van der Waals surface area contributed by atoms with Gasteiger partial charge in [-0.05, 0) is 57.0 Å². The molecule has 2 fully saturated rings. The van der Waals surface area contributed by atoms with Crippen molar-refractivity contribution in [1.29, 1.82) is 0 Å². The largest absolute Gasteiger partial charge is 0.445 e. The van der Waals surface area contributed by atoms with Gasteiger partial charge >= 0.3 is 6.09 Å². The Kier molecular flexibility index (Phi) is 5.90. The summed E-state index contributed by atoms with van der Waals surface area (Å²) < 4.78 is 5.20. The van der Waals surface area contributed by atoms with Crippen molar-refractivity contribution in [1.82, 2.24) is 15.1 Å². The zero-order valence-electron chi connectivity index (χ0n) is 15.3. The first-order valence-corrected chi connectivity index (χ1v) is 9.13. The third-order valence-corrected chi connectivity index (χ3v) is 5.14. The fraction of sp³-hybridized carbons (Fsp3) is 0.556. The SMILES string of the molecule is CN1CCCC1C(=O)N1CCC[C@H]1NC(=O)OCc1ccc([N+](=O)[O-])cc1. The smallest absolute Gasteiger partial charge is 0.409 e. The van der Waals surface area contributed by atoms with Gasteiger partial charge in [-0.15, -0.1) is 0 Å². The maximum absolute atomic E-state index is 12.8. The normalized spacial score (nSPS) is 22.6. The van der Waals surface area contributed by atoms with E-state index in [1.807, 2.05) is 7.05 Å². The summed E-state index contributed by atoms with van der Waals surface area (Å²) in [6, 6.07) is 5.72. The second-order valence-electron chi connectivity index (χ2n) is 6.97. The number of hydrogen-bond acceptors (Lipinski definition) is 6. The summed E-state index contributed by atoms with van der Waals surface area (Å²) in [6.45, 7) is 1.56. The van der Waals surface area contributed by atoms with Crippen molar-refractivity contribution in [2.24, 2.45) is 0 Å². The number of likely N-dealkylation sites (tertiary alicyclic amines) is 2. The van der Waals surface area contributed by atoms with Crippen LogP contribution in [0.1, 0.15) is 31.2 Å². The number of rotatable bonds is 5. The van der Waals surface area contributed by atoms with Gasteiger partial charge in [-0.25, -0.2) is 4.79 Å². The van der Waals surface area contributed by atoms with Crippen molar-refractivity contribution in [3.05, 3.63) is 39.9 Å². The summed E-state index contributed by atoms with van der Waals surface area (Å²) in [5.74, 6) is 0.0631. The molecule has 1 aromatic carbocycles. The van der Waals surface area contributed by atoms with E-state index in [0.717, 1.165) is 25.8 Å². The first-order valence-electron chi connectivity index (χ1n) is 9.13. The standard InChI is InChI=1S/C18H24N4O5/c1-20-10-2-4-15(20)17(23)21-11-3-5-16(21)19-18(24)27-12-13-6-8-14(9-7-13)22(25)26/h6-9,15-16H,2-5,10-12H2,1H3,(H,19,24)/t15?,16-/m0/s1. The number of nitrogens with one attached hydrogen (secondary N) is 1. The van der Waals surface area contributed by atoms with Gasteiger partial charge in [0.05, 0.1) is 11.0 Å². The van der Waals surface area contributed by atoms with Crippen LogP contribution in [0.25, 0.3) is 0 Å². The van der Waals surface area contributed by atoms with Crippen LogP contribution in [0.3, 0.4) is 0 Å². The number of non-ortho nitro benzene ring substituents is 1. The number of carbonyl (C=O) groups excluding carboxylic acids is 2. The lowest BCUT2D eigenvalue weighted by molar-refractivity contribution is -0.384. The number of nitrogens with zero attached hydrogens (tertiary/aromatic N) is 3. The molecular weight excluding hydrogens is 352 g/mol. The predicted molar refractivity (Wildman–Crippen MR) is 96.8 cm³/mol. The van der Waals surface area contributed by atoms with Gasteiger partial charge in [-0.1, -0.05) is 0 Å². The highest BCUT2D eigenvalue weighted by Crippen LogP contribution is 2.22. The second-order valence-corrected chi connectivity index (χ2v) is 6.97. The minimum Gasteiger partial charge on any atom is -0.445 e. The van der Waals surface area contributed by atoms with E-state index in [9.17, 15) is 19.7 Å². The molecule has 9 nitrogen and oxygen atoms in total. The molecule has 1 unspecified atom stereocenters. The molecule has 1 N–H and O–H groups in total. The van der Waals surface area contributed by atoms with Gasteiger partial charge in [0.2, 0.25) is 5.91 Å². The van der Waals surface area contributed by atoms with Crippen LogP contribution in [0.4, 0.5) is 10.5 Å². The van der Waals surface area contributed by atoms with Gasteiger partial charge < -0.3 is 15.0 Å². The molecule has 0 radical (unpaired) electrons. The van der Waals surface area contributed by atoms with Gasteiger partial charge in [-0.3, -0.25) is 19.8 Å². The monoisotopic (exact) mass is 376 g/mol. The number of nitro groups is 1. The molecule has 3 rings (SSSR count). The highest BCUT2D eigenvalue weighted by atomic mass is 16.6. The van der Waals surface area contributed by atoms with E-state index < -0.39 is 11.0 Å².